The molecule has 0 radical (unpaired) electrons. The summed E-state index contributed by atoms with van der Waals surface area (Å²) < 4.78 is 5.05. The summed E-state index contributed by atoms with van der Waals surface area (Å²) >= 11 is 5.88. The fraction of sp³-hybridized carbons (Fsp3) is 0.250. The van der Waals surface area contributed by atoms with Crippen molar-refractivity contribution < 1.29 is 14.6 Å². The number of carboxylic acids is 1. The Labute approximate surface area is 105 Å². The SMILES string of the molecule is COc1cc(/C(=C/N(C)C)C(=O)O)ccc1Cl. The van der Waals surface area contributed by atoms with Gasteiger partial charge in [-0.05, 0) is 17.7 Å². The van der Waals surface area contributed by atoms with Crippen LogP contribution in [0.4, 0.5) is 0 Å². The van der Waals surface area contributed by atoms with Crippen molar-refractivity contribution in [2.24, 2.45) is 0 Å². The summed E-state index contributed by atoms with van der Waals surface area (Å²) in [6, 6.07) is 4.86. The third kappa shape index (κ3) is 3.39. The van der Waals surface area contributed by atoms with Crippen LogP contribution >= 0.6 is 11.6 Å². The molecule has 0 amide bonds. The maximum atomic E-state index is 11.2. The van der Waals surface area contributed by atoms with E-state index in [9.17, 15) is 4.79 Å². The number of methoxy groups -OCH3 is 1. The molecule has 1 aromatic rings. The lowest BCUT2D eigenvalue weighted by atomic mass is 10.1. The molecule has 4 nitrogen and oxygen atoms in total. The lowest BCUT2D eigenvalue weighted by molar-refractivity contribution is -0.130. The van der Waals surface area contributed by atoms with Crippen molar-refractivity contribution in [1.82, 2.24) is 4.90 Å². The predicted molar refractivity (Wildman–Crippen MR) is 67.3 cm³/mol. The second kappa shape index (κ2) is 5.59. The fourth-order valence-corrected chi connectivity index (χ4v) is 1.53. The topological polar surface area (TPSA) is 49.8 Å². The summed E-state index contributed by atoms with van der Waals surface area (Å²) in [6.45, 7) is 0. The Morgan fingerprint density at radius 1 is 1.47 bits per heavy atom. The van der Waals surface area contributed by atoms with Crippen molar-refractivity contribution >= 4 is 23.1 Å². The Balaban J connectivity index is 3.25. The van der Waals surface area contributed by atoms with Gasteiger partial charge in [-0.2, -0.15) is 0 Å². The van der Waals surface area contributed by atoms with Gasteiger partial charge in [0.15, 0.2) is 0 Å². The van der Waals surface area contributed by atoms with Crippen molar-refractivity contribution in [2.45, 2.75) is 0 Å². The van der Waals surface area contributed by atoms with Crippen LogP contribution < -0.4 is 4.74 Å². The molecule has 0 aliphatic heterocycles. The Morgan fingerprint density at radius 2 is 2.12 bits per heavy atom. The Hall–Kier alpha value is -1.68. The van der Waals surface area contributed by atoms with E-state index in [2.05, 4.69) is 0 Å². The second-order valence-corrected chi connectivity index (χ2v) is 4.07. The summed E-state index contributed by atoms with van der Waals surface area (Å²) in [5.41, 5.74) is 0.734. The molecule has 0 bridgehead atoms. The van der Waals surface area contributed by atoms with Crippen LogP contribution in [0, 0.1) is 0 Å². The standard InChI is InChI=1S/C12H14ClNO3/c1-14(2)7-9(12(15)16)8-4-5-10(13)11(6-8)17-3/h4-7H,1-3H3,(H,15,16)/b9-7-. The normalized spacial score (nSPS) is 11.2. The Bertz CT molecular complexity index is 455. The zero-order chi connectivity index (χ0) is 13.0. The van der Waals surface area contributed by atoms with Gasteiger partial charge in [-0.3, -0.25) is 0 Å². The van der Waals surface area contributed by atoms with Gasteiger partial charge in [-0.15, -0.1) is 0 Å². The van der Waals surface area contributed by atoms with Crippen LogP contribution in [0.5, 0.6) is 5.75 Å². The smallest absolute Gasteiger partial charge is 0.337 e. The van der Waals surface area contributed by atoms with Gasteiger partial charge < -0.3 is 14.7 Å². The van der Waals surface area contributed by atoms with Crippen LogP contribution in [0.25, 0.3) is 5.57 Å². The van der Waals surface area contributed by atoms with Crippen molar-refractivity contribution in [3.8, 4) is 5.75 Å². The molecule has 0 saturated heterocycles. The van der Waals surface area contributed by atoms with Crippen LogP contribution in [0.15, 0.2) is 24.4 Å². The molecule has 0 spiro atoms. The minimum absolute atomic E-state index is 0.185. The fourth-order valence-electron chi connectivity index (χ4n) is 1.34. The largest absolute Gasteiger partial charge is 0.495 e. The highest BCUT2D eigenvalue weighted by Gasteiger charge is 2.13. The predicted octanol–water partition coefficient (Wildman–Crippen LogP) is 2.34. The number of carboxylic acid groups (broad SMARTS) is 1. The van der Waals surface area contributed by atoms with E-state index in [1.54, 1.807) is 37.2 Å². The van der Waals surface area contributed by atoms with Gasteiger partial charge in [0.2, 0.25) is 0 Å². The number of rotatable bonds is 4. The number of hydrogen-bond donors (Lipinski definition) is 1. The monoisotopic (exact) mass is 255 g/mol. The molecular formula is C12H14ClNO3. The minimum Gasteiger partial charge on any atom is -0.495 e. The average Bonchev–Trinajstić information content (AvgIpc) is 2.26. The van der Waals surface area contributed by atoms with Crippen LogP contribution in [0.2, 0.25) is 5.02 Å². The highest BCUT2D eigenvalue weighted by atomic mass is 35.5. The average molecular weight is 256 g/mol. The lowest BCUT2D eigenvalue weighted by Crippen LogP contribution is -2.08. The lowest BCUT2D eigenvalue weighted by Gasteiger charge is -2.10. The molecule has 0 saturated carbocycles. The van der Waals surface area contributed by atoms with Gasteiger partial charge in [0, 0.05) is 20.3 Å². The van der Waals surface area contributed by atoms with Crippen molar-refractivity contribution in [3.63, 3.8) is 0 Å². The van der Waals surface area contributed by atoms with Crippen LogP contribution in [0.3, 0.4) is 0 Å². The zero-order valence-corrected chi connectivity index (χ0v) is 10.7. The molecule has 0 atom stereocenters. The maximum absolute atomic E-state index is 11.2. The van der Waals surface area contributed by atoms with E-state index < -0.39 is 5.97 Å². The van der Waals surface area contributed by atoms with Gasteiger partial charge >= 0.3 is 5.97 Å². The van der Waals surface area contributed by atoms with Crippen LogP contribution in [-0.4, -0.2) is 37.2 Å². The first kappa shape index (κ1) is 13.4. The number of carbonyl (C=O) groups is 1. The van der Waals surface area contributed by atoms with E-state index in [1.807, 2.05) is 0 Å². The third-order valence-corrected chi connectivity index (χ3v) is 2.39. The number of aliphatic carboxylic acids is 1. The van der Waals surface area contributed by atoms with E-state index >= 15 is 0 Å². The molecule has 0 heterocycles. The molecule has 0 fully saturated rings. The first-order valence-corrected chi connectivity index (χ1v) is 5.29. The zero-order valence-electron chi connectivity index (χ0n) is 9.90. The van der Waals surface area contributed by atoms with Gasteiger partial charge in [-0.1, -0.05) is 17.7 Å². The number of hydrogen-bond acceptors (Lipinski definition) is 3. The summed E-state index contributed by atoms with van der Waals surface area (Å²) in [4.78, 5) is 12.8. The first-order valence-electron chi connectivity index (χ1n) is 4.91. The van der Waals surface area contributed by atoms with E-state index in [0.717, 1.165) is 0 Å². The highest BCUT2D eigenvalue weighted by molar-refractivity contribution is 6.32. The van der Waals surface area contributed by atoms with Crippen LogP contribution in [0.1, 0.15) is 5.56 Å². The number of halogens is 1. The molecule has 0 unspecified atom stereocenters. The molecule has 1 N–H and O–H groups in total. The van der Waals surface area contributed by atoms with Gasteiger partial charge in [-0.25, -0.2) is 4.79 Å². The molecule has 0 aromatic heterocycles. The molecule has 5 heteroatoms. The van der Waals surface area contributed by atoms with E-state index in [-0.39, 0.29) is 5.57 Å². The van der Waals surface area contributed by atoms with Crippen molar-refractivity contribution in [1.29, 1.82) is 0 Å². The van der Waals surface area contributed by atoms with E-state index in [4.69, 9.17) is 21.4 Å². The quantitative estimate of drug-likeness (QED) is 0.839. The van der Waals surface area contributed by atoms with Crippen molar-refractivity contribution in [3.05, 3.63) is 35.0 Å². The third-order valence-electron chi connectivity index (χ3n) is 2.08. The Morgan fingerprint density at radius 3 is 2.59 bits per heavy atom. The molecule has 1 aromatic carbocycles. The molecule has 17 heavy (non-hydrogen) atoms. The minimum atomic E-state index is -0.997. The summed E-state index contributed by atoms with van der Waals surface area (Å²) in [5, 5.41) is 9.59. The summed E-state index contributed by atoms with van der Waals surface area (Å²) in [6.07, 6.45) is 1.53. The van der Waals surface area contributed by atoms with E-state index in [1.165, 1.54) is 13.3 Å². The second-order valence-electron chi connectivity index (χ2n) is 3.66. The summed E-state index contributed by atoms with van der Waals surface area (Å²) in [7, 11) is 5.01. The van der Waals surface area contributed by atoms with Gasteiger partial charge in [0.1, 0.15) is 5.75 Å². The highest BCUT2D eigenvalue weighted by Crippen LogP contribution is 2.28. The number of nitrogens with zero attached hydrogens (tertiary/aromatic N) is 1. The van der Waals surface area contributed by atoms with Crippen LogP contribution in [-0.2, 0) is 4.79 Å². The molecule has 92 valence electrons. The van der Waals surface area contributed by atoms with Gasteiger partial charge in [0.25, 0.3) is 0 Å². The number of benzene rings is 1. The number of ether oxygens (including phenoxy) is 1. The first-order chi connectivity index (χ1) is 7.95. The van der Waals surface area contributed by atoms with Gasteiger partial charge in [0.05, 0.1) is 17.7 Å². The van der Waals surface area contributed by atoms with Crippen molar-refractivity contribution in [2.75, 3.05) is 21.2 Å². The molecular weight excluding hydrogens is 242 g/mol. The molecule has 0 aliphatic carbocycles. The molecule has 1 rings (SSSR count). The maximum Gasteiger partial charge on any atom is 0.337 e. The Kier molecular flexibility index (Phi) is 4.40. The summed E-state index contributed by atoms with van der Waals surface area (Å²) in [5.74, 6) is -0.543. The molecule has 0 aliphatic rings. The van der Waals surface area contributed by atoms with E-state index in [0.29, 0.717) is 16.3 Å².